The second kappa shape index (κ2) is 9.84. The average Bonchev–Trinajstić information content (AvgIpc) is 2.50. The third-order valence-corrected chi connectivity index (χ3v) is 6.60. The first-order chi connectivity index (χ1) is 9.71. The molecule has 0 aliphatic rings. The van der Waals surface area contributed by atoms with E-state index in [4.69, 9.17) is 5.26 Å². The third-order valence-electron chi connectivity index (χ3n) is 2.55. The molecule has 0 heterocycles. The molecule has 0 bridgehead atoms. The number of nitrogens with zero attached hydrogens (tertiary/aromatic N) is 1. The Labute approximate surface area is 136 Å². The zero-order chi connectivity index (χ0) is 14.8. The Morgan fingerprint density at radius 1 is 1.40 bits per heavy atom. The molecule has 0 fully saturated rings. The van der Waals surface area contributed by atoms with E-state index in [1.165, 1.54) is 14.0 Å². The van der Waals surface area contributed by atoms with Crippen LogP contribution in [0.15, 0.2) is 61.1 Å². The second-order valence-corrected chi connectivity index (χ2v) is 7.92. The maximum atomic E-state index is 8.99. The minimum atomic E-state index is -0.129. The number of allylic oxidation sites excluding steroid dienone is 3. The summed E-state index contributed by atoms with van der Waals surface area (Å²) < 4.78 is 3.49. The van der Waals surface area contributed by atoms with Crippen LogP contribution in [-0.2, 0) is 5.75 Å². The van der Waals surface area contributed by atoms with Crippen molar-refractivity contribution in [2.75, 3.05) is 0 Å². The number of thioether (sulfide) groups is 1. The van der Waals surface area contributed by atoms with Gasteiger partial charge in [-0.2, -0.15) is 0 Å². The van der Waals surface area contributed by atoms with Crippen LogP contribution in [0.3, 0.4) is 0 Å². The van der Waals surface area contributed by atoms with Gasteiger partial charge in [0.2, 0.25) is 0 Å². The average molecular weight is 396 g/mol. The fraction of sp³-hybridized carbons (Fsp3) is 0.235. The van der Waals surface area contributed by atoms with Crippen LogP contribution >= 0.6 is 11.8 Å². The Bertz CT molecular complexity index is 538. The fourth-order valence-electron chi connectivity index (χ4n) is 1.56. The van der Waals surface area contributed by atoms with Gasteiger partial charge in [0.05, 0.1) is 0 Å². The summed E-state index contributed by atoms with van der Waals surface area (Å²) in [6.45, 7) is 7.91. The number of hydrogen-bond acceptors (Lipinski definition) is 2. The molecule has 0 aliphatic heterocycles. The number of halogens is 1. The van der Waals surface area contributed by atoms with Crippen LogP contribution in [0, 0.1) is 11.3 Å². The quantitative estimate of drug-likeness (QED) is 0.401. The summed E-state index contributed by atoms with van der Waals surface area (Å²) in [6, 6.07) is 12.6. The van der Waals surface area contributed by atoms with E-state index >= 15 is 0 Å². The van der Waals surface area contributed by atoms with Crippen molar-refractivity contribution in [3.8, 4) is 6.07 Å². The van der Waals surface area contributed by atoms with Crippen LogP contribution < -0.4 is 21.2 Å². The van der Waals surface area contributed by atoms with Gasteiger partial charge in [-0.05, 0) is 0 Å². The Balaban J connectivity index is 2.94. The molecule has 0 spiro atoms. The van der Waals surface area contributed by atoms with Crippen LogP contribution in [0.25, 0.3) is 0 Å². The number of rotatable bonds is 7. The van der Waals surface area contributed by atoms with E-state index in [9.17, 15) is 0 Å². The van der Waals surface area contributed by atoms with Gasteiger partial charge in [0.25, 0.3) is 0 Å². The summed E-state index contributed by atoms with van der Waals surface area (Å²) in [5, 5.41) is 8.99. The van der Waals surface area contributed by atoms with Gasteiger partial charge >= 0.3 is 137 Å². The standard InChI is InChI=1S/C17H19INS/c1-4-16(18-5-2)17(11-14(3)12-19)20-13-15-9-7-6-8-10-15/h5-11H,2,4,13H2,1,3H3/q-1/b14-11+,17-16+. The molecule has 0 saturated heterocycles. The van der Waals surface area contributed by atoms with Crippen LogP contribution in [0.2, 0.25) is 0 Å². The summed E-state index contributed by atoms with van der Waals surface area (Å²) in [4.78, 5) is 1.25. The van der Waals surface area contributed by atoms with Crippen LogP contribution in [-0.4, -0.2) is 0 Å². The molecule has 0 aromatic heterocycles. The Kier molecular flexibility index (Phi) is 8.40. The molecule has 1 aromatic carbocycles. The van der Waals surface area contributed by atoms with Gasteiger partial charge in [0.1, 0.15) is 0 Å². The van der Waals surface area contributed by atoms with E-state index in [-0.39, 0.29) is 21.2 Å². The summed E-state index contributed by atoms with van der Waals surface area (Å²) in [7, 11) is 0. The van der Waals surface area contributed by atoms with Crippen molar-refractivity contribution < 1.29 is 21.2 Å². The predicted molar refractivity (Wildman–Crippen MR) is 84.6 cm³/mol. The van der Waals surface area contributed by atoms with Crippen molar-refractivity contribution in [2.24, 2.45) is 0 Å². The van der Waals surface area contributed by atoms with E-state index in [0.29, 0.717) is 0 Å². The van der Waals surface area contributed by atoms with E-state index < -0.39 is 0 Å². The van der Waals surface area contributed by atoms with Gasteiger partial charge in [-0.1, -0.05) is 0 Å². The molecular weight excluding hydrogens is 377 g/mol. The first kappa shape index (κ1) is 17.1. The zero-order valence-electron chi connectivity index (χ0n) is 11.9. The molecule has 0 unspecified atom stereocenters. The molecule has 0 radical (unpaired) electrons. The second-order valence-electron chi connectivity index (χ2n) is 4.10. The molecule has 3 heteroatoms. The third kappa shape index (κ3) is 5.98. The molecule has 0 saturated carbocycles. The van der Waals surface area contributed by atoms with Crippen molar-refractivity contribution >= 4 is 11.8 Å². The van der Waals surface area contributed by atoms with Gasteiger partial charge in [-0.25, -0.2) is 0 Å². The molecular formula is C17H19INS-. The van der Waals surface area contributed by atoms with Gasteiger partial charge in [-0.3, -0.25) is 0 Å². The predicted octanol–water partition coefficient (Wildman–Crippen LogP) is 2.24. The van der Waals surface area contributed by atoms with Crippen LogP contribution in [0.1, 0.15) is 25.8 Å². The summed E-state index contributed by atoms with van der Waals surface area (Å²) in [6.07, 6.45) is 3.06. The van der Waals surface area contributed by atoms with E-state index in [0.717, 1.165) is 17.7 Å². The van der Waals surface area contributed by atoms with Crippen molar-refractivity contribution in [2.45, 2.75) is 26.0 Å². The summed E-state index contributed by atoms with van der Waals surface area (Å²) in [5.41, 5.74) is 2.07. The van der Waals surface area contributed by atoms with Gasteiger partial charge in [0, 0.05) is 0 Å². The zero-order valence-corrected chi connectivity index (χ0v) is 14.9. The molecule has 0 amide bonds. The number of hydrogen-bond donors (Lipinski definition) is 0. The summed E-state index contributed by atoms with van der Waals surface area (Å²) >= 11 is 1.69. The molecule has 106 valence electrons. The maximum absolute atomic E-state index is 8.99. The minimum absolute atomic E-state index is 0.129. The van der Waals surface area contributed by atoms with E-state index in [2.05, 4.69) is 43.8 Å². The van der Waals surface area contributed by atoms with Crippen molar-refractivity contribution in [1.82, 2.24) is 0 Å². The van der Waals surface area contributed by atoms with Gasteiger partial charge < -0.3 is 0 Å². The normalized spacial score (nSPS) is 12.8. The van der Waals surface area contributed by atoms with Crippen molar-refractivity contribution in [1.29, 1.82) is 5.26 Å². The van der Waals surface area contributed by atoms with E-state index in [1.54, 1.807) is 0 Å². The Hall–Kier alpha value is -0.990. The topological polar surface area (TPSA) is 23.8 Å². The SMILES string of the molecule is C=C[I-]/C(CC)=C(\C=C(/C)C#N)SCc1ccccc1. The molecule has 1 rings (SSSR count). The Morgan fingerprint density at radius 2 is 2.10 bits per heavy atom. The first-order valence-corrected chi connectivity index (χ1v) is 9.74. The molecule has 0 atom stereocenters. The Morgan fingerprint density at radius 3 is 2.65 bits per heavy atom. The van der Waals surface area contributed by atoms with E-state index in [1.807, 2.05) is 34.9 Å². The molecule has 0 aliphatic carbocycles. The van der Waals surface area contributed by atoms with Crippen molar-refractivity contribution in [3.63, 3.8) is 0 Å². The molecule has 0 N–H and O–H groups in total. The fourth-order valence-corrected chi connectivity index (χ4v) is 4.84. The van der Waals surface area contributed by atoms with Gasteiger partial charge in [-0.15, -0.1) is 0 Å². The number of nitriles is 1. The van der Waals surface area contributed by atoms with Crippen LogP contribution in [0.4, 0.5) is 0 Å². The monoisotopic (exact) mass is 396 g/mol. The van der Waals surface area contributed by atoms with Crippen LogP contribution in [0.5, 0.6) is 0 Å². The first-order valence-electron chi connectivity index (χ1n) is 6.43. The van der Waals surface area contributed by atoms with Gasteiger partial charge in [0.15, 0.2) is 0 Å². The molecule has 1 aromatic rings. The number of benzene rings is 1. The summed E-state index contributed by atoms with van der Waals surface area (Å²) in [5.74, 6) is 0.940. The molecule has 1 nitrogen and oxygen atoms in total. The van der Waals surface area contributed by atoms with Crippen molar-refractivity contribution in [3.05, 3.63) is 66.7 Å². The molecule has 20 heavy (non-hydrogen) atoms.